The molecule has 2 amide bonds. The van der Waals surface area contributed by atoms with Crippen molar-refractivity contribution >= 4 is 22.9 Å². The van der Waals surface area contributed by atoms with Crippen LogP contribution in [0.2, 0.25) is 0 Å². The van der Waals surface area contributed by atoms with Gasteiger partial charge in [-0.2, -0.15) is 0 Å². The van der Waals surface area contributed by atoms with Gasteiger partial charge >= 0.3 is 6.09 Å². The maximum Gasteiger partial charge on any atom is 0.410 e. The number of aromatic amines is 1. The number of hydroxylamine groups is 1. The maximum absolute atomic E-state index is 12.3. The van der Waals surface area contributed by atoms with Crippen LogP contribution >= 0.6 is 0 Å². The lowest BCUT2D eigenvalue weighted by atomic mass is 10.1. The number of aromatic nitrogens is 2. The highest BCUT2D eigenvalue weighted by molar-refractivity contribution is 5.96. The molecule has 0 atom stereocenters. The summed E-state index contributed by atoms with van der Waals surface area (Å²) in [5, 5.41) is 12.5. The van der Waals surface area contributed by atoms with E-state index in [1.54, 1.807) is 10.4 Å². The molecule has 0 bridgehead atoms. The number of benzene rings is 1. The second-order valence-electron chi connectivity index (χ2n) is 8.31. The lowest BCUT2D eigenvalue weighted by Crippen LogP contribution is -2.46. The average molecular weight is 417 g/mol. The average Bonchev–Trinajstić information content (AvgIpc) is 2.70. The number of nitrogens with one attached hydrogen (secondary N) is 3. The van der Waals surface area contributed by atoms with Crippen LogP contribution in [0, 0.1) is 0 Å². The van der Waals surface area contributed by atoms with E-state index in [-0.39, 0.29) is 23.3 Å². The van der Waals surface area contributed by atoms with E-state index in [9.17, 15) is 14.4 Å². The second kappa shape index (κ2) is 8.80. The van der Waals surface area contributed by atoms with Gasteiger partial charge < -0.3 is 19.9 Å². The zero-order chi connectivity index (χ0) is 21.9. The summed E-state index contributed by atoms with van der Waals surface area (Å²) in [6.45, 7) is 7.06. The highest BCUT2D eigenvalue weighted by Gasteiger charge is 2.26. The van der Waals surface area contributed by atoms with Crippen molar-refractivity contribution in [3.8, 4) is 0 Å². The number of rotatable bonds is 4. The van der Waals surface area contributed by atoms with Gasteiger partial charge in [-0.25, -0.2) is 15.3 Å². The fraction of sp³-hybridized carbons (Fsp3) is 0.500. The number of hydrogen-bond donors (Lipinski definition) is 4. The molecule has 162 valence electrons. The minimum Gasteiger partial charge on any atom is -0.444 e. The summed E-state index contributed by atoms with van der Waals surface area (Å²) in [5.74, 6) is -0.223. The van der Waals surface area contributed by atoms with E-state index in [1.807, 2.05) is 20.8 Å². The summed E-state index contributed by atoms with van der Waals surface area (Å²) < 4.78 is 5.40. The molecule has 1 aromatic carbocycles. The van der Waals surface area contributed by atoms with Crippen molar-refractivity contribution < 1.29 is 19.5 Å². The molecule has 0 aliphatic carbocycles. The van der Waals surface area contributed by atoms with Gasteiger partial charge in [0.25, 0.3) is 11.5 Å². The Labute approximate surface area is 173 Å². The molecule has 2 aromatic rings. The summed E-state index contributed by atoms with van der Waals surface area (Å²) in [6, 6.07) is 4.58. The van der Waals surface area contributed by atoms with Gasteiger partial charge in [0.2, 0.25) is 0 Å². The van der Waals surface area contributed by atoms with E-state index in [4.69, 9.17) is 9.94 Å². The van der Waals surface area contributed by atoms with E-state index >= 15 is 0 Å². The molecule has 4 N–H and O–H groups in total. The molecule has 1 aliphatic heterocycles. The largest absolute Gasteiger partial charge is 0.444 e. The SMILES string of the molecule is CC(C)(C)OC(=O)N1CCC(NCc2nc3cc(C(=O)NO)ccc3c(=O)[nH]2)CC1. The normalized spacial score (nSPS) is 15.3. The molecule has 3 rings (SSSR count). The van der Waals surface area contributed by atoms with Crippen molar-refractivity contribution in [1.29, 1.82) is 0 Å². The van der Waals surface area contributed by atoms with Gasteiger partial charge in [-0.3, -0.25) is 14.8 Å². The molecular formula is C20H27N5O5. The van der Waals surface area contributed by atoms with Crippen molar-refractivity contribution in [3.05, 3.63) is 39.9 Å². The van der Waals surface area contributed by atoms with Crippen molar-refractivity contribution in [1.82, 2.24) is 25.7 Å². The molecule has 0 saturated carbocycles. The summed E-state index contributed by atoms with van der Waals surface area (Å²) in [4.78, 5) is 44.9. The topological polar surface area (TPSA) is 137 Å². The van der Waals surface area contributed by atoms with E-state index in [2.05, 4.69) is 15.3 Å². The Kier molecular flexibility index (Phi) is 6.37. The van der Waals surface area contributed by atoms with Gasteiger partial charge in [-0.1, -0.05) is 0 Å². The molecule has 1 aliphatic rings. The van der Waals surface area contributed by atoms with E-state index < -0.39 is 11.5 Å². The minimum atomic E-state index is -0.671. The Morgan fingerprint density at radius 1 is 1.30 bits per heavy atom. The number of hydrogen-bond acceptors (Lipinski definition) is 7. The van der Waals surface area contributed by atoms with Crippen LogP contribution in [0.1, 0.15) is 49.8 Å². The number of piperidine rings is 1. The number of amides is 2. The Bertz CT molecular complexity index is 989. The molecule has 2 heterocycles. The lowest BCUT2D eigenvalue weighted by molar-refractivity contribution is 0.0197. The first-order chi connectivity index (χ1) is 14.2. The van der Waals surface area contributed by atoms with Crippen molar-refractivity contribution in [3.63, 3.8) is 0 Å². The fourth-order valence-electron chi connectivity index (χ4n) is 3.31. The molecule has 1 saturated heterocycles. The molecule has 1 aromatic heterocycles. The number of nitrogens with zero attached hydrogens (tertiary/aromatic N) is 2. The maximum atomic E-state index is 12.3. The number of likely N-dealkylation sites (tertiary alicyclic amines) is 1. The molecule has 10 heteroatoms. The fourth-order valence-corrected chi connectivity index (χ4v) is 3.31. The molecule has 1 fully saturated rings. The summed E-state index contributed by atoms with van der Waals surface area (Å²) >= 11 is 0. The third kappa shape index (κ3) is 5.33. The van der Waals surface area contributed by atoms with Gasteiger partial charge in [-0.15, -0.1) is 0 Å². The first kappa shape index (κ1) is 21.7. The number of fused-ring (bicyclic) bond motifs is 1. The standard InChI is InChI=1S/C20H27N5O5/c1-20(2,3)30-19(28)25-8-6-13(7-9-25)21-11-16-22-15-10-12(17(26)24-29)4-5-14(15)18(27)23-16/h4-5,10,13,21,29H,6-9,11H2,1-3H3,(H,24,26)(H,22,23,27). The molecule has 0 unspecified atom stereocenters. The predicted octanol–water partition coefficient (Wildman–Crippen LogP) is 1.53. The predicted molar refractivity (Wildman–Crippen MR) is 109 cm³/mol. The highest BCUT2D eigenvalue weighted by Crippen LogP contribution is 2.16. The van der Waals surface area contributed by atoms with Crippen LogP contribution in [0.5, 0.6) is 0 Å². The van der Waals surface area contributed by atoms with Gasteiger partial charge in [-0.05, 0) is 51.8 Å². The van der Waals surface area contributed by atoms with Crippen LogP contribution in [0.3, 0.4) is 0 Å². The third-order valence-corrected chi connectivity index (χ3v) is 4.82. The smallest absolute Gasteiger partial charge is 0.410 e. The summed E-state index contributed by atoms with van der Waals surface area (Å²) in [7, 11) is 0. The zero-order valence-electron chi connectivity index (χ0n) is 17.3. The summed E-state index contributed by atoms with van der Waals surface area (Å²) in [6.07, 6.45) is 1.22. The molecule has 0 spiro atoms. The Balaban J connectivity index is 1.60. The number of ether oxygens (including phenoxy) is 1. The molecule has 0 radical (unpaired) electrons. The van der Waals surface area contributed by atoms with Crippen LogP contribution in [-0.2, 0) is 11.3 Å². The monoisotopic (exact) mass is 417 g/mol. The highest BCUT2D eigenvalue weighted by atomic mass is 16.6. The molecular weight excluding hydrogens is 390 g/mol. The van der Waals surface area contributed by atoms with E-state index in [0.29, 0.717) is 36.4 Å². The van der Waals surface area contributed by atoms with E-state index in [0.717, 1.165) is 12.8 Å². The third-order valence-electron chi connectivity index (χ3n) is 4.82. The Morgan fingerprint density at radius 2 is 2.00 bits per heavy atom. The molecule has 10 nitrogen and oxygen atoms in total. The first-order valence-corrected chi connectivity index (χ1v) is 9.85. The minimum absolute atomic E-state index is 0.177. The van der Waals surface area contributed by atoms with Gasteiger partial charge in [0.1, 0.15) is 11.4 Å². The number of carbonyl (C=O) groups excluding carboxylic acids is 2. The number of carbonyl (C=O) groups is 2. The molecule has 30 heavy (non-hydrogen) atoms. The van der Waals surface area contributed by atoms with Crippen molar-refractivity contribution in [2.24, 2.45) is 0 Å². The van der Waals surface area contributed by atoms with Crippen LogP contribution < -0.4 is 16.4 Å². The Hall–Kier alpha value is -2.98. The van der Waals surface area contributed by atoms with Crippen LogP contribution in [0.25, 0.3) is 10.9 Å². The zero-order valence-corrected chi connectivity index (χ0v) is 17.3. The number of H-pyrrole nitrogens is 1. The first-order valence-electron chi connectivity index (χ1n) is 9.85. The quantitative estimate of drug-likeness (QED) is 0.437. The van der Waals surface area contributed by atoms with Crippen molar-refractivity contribution in [2.45, 2.75) is 51.8 Å². The van der Waals surface area contributed by atoms with Crippen molar-refractivity contribution in [2.75, 3.05) is 13.1 Å². The Morgan fingerprint density at radius 3 is 2.63 bits per heavy atom. The van der Waals surface area contributed by atoms with Gasteiger partial charge in [0, 0.05) is 24.7 Å². The summed E-state index contributed by atoms with van der Waals surface area (Å²) in [5.41, 5.74) is 1.33. The van der Waals surface area contributed by atoms with Crippen LogP contribution in [-0.4, -0.2) is 56.8 Å². The van der Waals surface area contributed by atoms with Crippen LogP contribution in [0.15, 0.2) is 23.0 Å². The second-order valence-corrected chi connectivity index (χ2v) is 8.31. The lowest BCUT2D eigenvalue weighted by Gasteiger charge is -2.33. The van der Waals surface area contributed by atoms with Gasteiger partial charge in [0.05, 0.1) is 17.4 Å². The van der Waals surface area contributed by atoms with Crippen LogP contribution in [0.4, 0.5) is 4.79 Å². The van der Waals surface area contributed by atoms with Gasteiger partial charge in [0.15, 0.2) is 0 Å². The van der Waals surface area contributed by atoms with E-state index in [1.165, 1.54) is 18.2 Å².